The normalized spacial score (nSPS) is 19.9. The molecular weight excluding hydrogens is 388 g/mol. The Morgan fingerprint density at radius 3 is 2.46 bits per heavy atom. The third-order valence-corrected chi connectivity index (χ3v) is 4.86. The van der Waals surface area contributed by atoms with E-state index in [1.807, 2.05) is 0 Å². The molecule has 0 bridgehead atoms. The second kappa shape index (κ2) is 10.2. The number of halogens is 3. The standard InChI is InChI=1S/C16H22FN3O4.2ClH/c17-12-9-13(16(21)14(10-12)20(22)23)15(11-1-7-24-8-2-11)19-5-3-18-4-6-19;;/h9-11,15,18,21H,1-8H2;2*1H/t15-;;/m0../s1. The van der Waals surface area contributed by atoms with E-state index in [0.29, 0.717) is 18.8 Å². The Morgan fingerprint density at radius 1 is 1.27 bits per heavy atom. The maximum Gasteiger partial charge on any atom is 0.313 e. The van der Waals surface area contributed by atoms with Gasteiger partial charge >= 0.3 is 5.69 Å². The lowest BCUT2D eigenvalue weighted by Crippen LogP contribution is -2.47. The second-order valence-corrected chi connectivity index (χ2v) is 6.30. The highest BCUT2D eigenvalue weighted by molar-refractivity contribution is 5.85. The van der Waals surface area contributed by atoms with E-state index < -0.39 is 22.2 Å². The van der Waals surface area contributed by atoms with Crippen molar-refractivity contribution < 1.29 is 19.2 Å². The lowest BCUT2D eigenvalue weighted by atomic mass is 9.85. The van der Waals surface area contributed by atoms with Crippen LogP contribution in [0.5, 0.6) is 5.75 Å². The highest BCUT2D eigenvalue weighted by atomic mass is 35.5. The average molecular weight is 412 g/mol. The molecule has 0 aliphatic carbocycles. The van der Waals surface area contributed by atoms with Gasteiger partial charge in [0.25, 0.3) is 0 Å². The number of nitrogens with one attached hydrogen (secondary N) is 1. The van der Waals surface area contributed by atoms with Gasteiger partial charge in [-0.1, -0.05) is 0 Å². The number of benzene rings is 1. The molecule has 7 nitrogen and oxygen atoms in total. The van der Waals surface area contributed by atoms with Gasteiger partial charge in [-0.3, -0.25) is 15.0 Å². The third-order valence-electron chi connectivity index (χ3n) is 4.86. The van der Waals surface area contributed by atoms with Crippen molar-refractivity contribution >= 4 is 30.5 Å². The number of aromatic hydroxyl groups is 1. The summed E-state index contributed by atoms with van der Waals surface area (Å²) < 4.78 is 19.4. The molecule has 2 aliphatic rings. The zero-order valence-electron chi connectivity index (χ0n) is 14.2. The predicted molar refractivity (Wildman–Crippen MR) is 99.9 cm³/mol. The number of rotatable bonds is 4. The fourth-order valence-corrected chi connectivity index (χ4v) is 3.71. The molecule has 1 aromatic carbocycles. The number of hydrogen-bond donors (Lipinski definition) is 2. The third kappa shape index (κ3) is 4.95. The van der Waals surface area contributed by atoms with Gasteiger partial charge in [0.05, 0.1) is 11.0 Å². The minimum Gasteiger partial charge on any atom is -0.502 e. The molecule has 1 atom stereocenters. The van der Waals surface area contributed by atoms with Crippen molar-refractivity contribution in [1.29, 1.82) is 0 Å². The molecule has 0 aromatic heterocycles. The first-order valence-corrected chi connectivity index (χ1v) is 8.27. The van der Waals surface area contributed by atoms with Gasteiger partial charge in [0.15, 0.2) is 5.75 Å². The Kier molecular flexibility index (Phi) is 8.99. The minimum atomic E-state index is -0.735. The fraction of sp³-hybridized carbons (Fsp3) is 0.625. The van der Waals surface area contributed by atoms with Crippen LogP contribution in [0.1, 0.15) is 24.4 Å². The van der Waals surface area contributed by atoms with Gasteiger partial charge in [-0.2, -0.15) is 0 Å². The number of ether oxygens (including phenoxy) is 1. The lowest BCUT2D eigenvalue weighted by Gasteiger charge is -2.41. The van der Waals surface area contributed by atoms with E-state index in [4.69, 9.17) is 4.74 Å². The van der Waals surface area contributed by atoms with Gasteiger partial charge in [0.2, 0.25) is 0 Å². The van der Waals surface area contributed by atoms with Crippen LogP contribution in [-0.4, -0.2) is 54.3 Å². The average Bonchev–Trinajstić information content (AvgIpc) is 2.59. The molecule has 2 heterocycles. The van der Waals surface area contributed by atoms with Gasteiger partial charge in [-0.05, 0) is 24.8 Å². The summed E-state index contributed by atoms with van der Waals surface area (Å²) in [5, 5.41) is 24.8. The van der Waals surface area contributed by atoms with E-state index in [0.717, 1.165) is 45.1 Å². The molecule has 1 aromatic rings. The Morgan fingerprint density at radius 2 is 1.88 bits per heavy atom. The van der Waals surface area contributed by atoms with E-state index in [1.165, 1.54) is 6.07 Å². The van der Waals surface area contributed by atoms with Crippen molar-refractivity contribution in [3.05, 3.63) is 33.6 Å². The summed E-state index contributed by atoms with van der Waals surface area (Å²) in [7, 11) is 0. The zero-order valence-corrected chi connectivity index (χ0v) is 15.9. The summed E-state index contributed by atoms with van der Waals surface area (Å²) >= 11 is 0. The maximum atomic E-state index is 14.0. The van der Waals surface area contributed by atoms with E-state index in [9.17, 15) is 19.6 Å². The van der Waals surface area contributed by atoms with Crippen LogP contribution in [0, 0.1) is 21.8 Å². The van der Waals surface area contributed by atoms with Crippen LogP contribution in [-0.2, 0) is 4.74 Å². The molecule has 2 aliphatic heterocycles. The summed E-state index contributed by atoms with van der Waals surface area (Å²) in [4.78, 5) is 12.6. The summed E-state index contributed by atoms with van der Waals surface area (Å²) in [6, 6.07) is 1.77. The van der Waals surface area contributed by atoms with Gasteiger partial charge in [-0.25, -0.2) is 4.39 Å². The van der Waals surface area contributed by atoms with Gasteiger partial charge in [-0.15, -0.1) is 24.8 Å². The quantitative estimate of drug-likeness (QED) is 0.584. The molecule has 0 unspecified atom stereocenters. The first-order valence-electron chi connectivity index (χ1n) is 8.27. The number of nitro groups is 1. The topological polar surface area (TPSA) is 87.9 Å². The maximum absolute atomic E-state index is 14.0. The smallest absolute Gasteiger partial charge is 0.313 e. The number of nitro benzene ring substituents is 1. The highest BCUT2D eigenvalue weighted by Gasteiger charge is 2.35. The number of hydrogen-bond acceptors (Lipinski definition) is 6. The molecule has 148 valence electrons. The second-order valence-electron chi connectivity index (χ2n) is 6.30. The molecule has 26 heavy (non-hydrogen) atoms. The van der Waals surface area contributed by atoms with Crippen molar-refractivity contribution in [2.24, 2.45) is 5.92 Å². The summed E-state index contributed by atoms with van der Waals surface area (Å²) in [6.45, 7) is 4.35. The van der Waals surface area contributed by atoms with Crippen molar-refractivity contribution in [2.45, 2.75) is 18.9 Å². The van der Waals surface area contributed by atoms with Crippen molar-refractivity contribution in [3.8, 4) is 5.75 Å². The van der Waals surface area contributed by atoms with E-state index >= 15 is 0 Å². The summed E-state index contributed by atoms with van der Waals surface area (Å²) in [5.41, 5.74) is -0.257. The van der Waals surface area contributed by atoms with Crippen molar-refractivity contribution in [3.63, 3.8) is 0 Å². The number of phenols is 1. The molecule has 0 spiro atoms. The Balaban J connectivity index is 0.00000169. The Hall–Kier alpha value is -1.19. The minimum absolute atomic E-state index is 0. The molecular formula is C16H24Cl2FN3O4. The van der Waals surface area contributed by atoms with Crippen LogP contribution in [0.15, 0.2) is 12.1 Å². The molecule has 0 saturated carbocycles. The molecule has 0 amide bonds. The first-order chi connectivity index (χ1) is 11.6. The molecule has 2 fully saturated rings. The van der Waals surface area contributed by atoms with E-state index in [2.05, 4.69) is 10.2 Å². The van der Waals surface area contributed by atoms with Crippen LogP contribution in [0.25, 0.3) is 0 Å². The van der Waals surface area contributed by atoms with Crippen LogP contribution in [0.2, 0.25) is 0 Å². The van der Waals surface area contributed by atoms with Crippen LogP contribution < -0.4 is 5.32 Å². The van der Waals surface area contributed by atoms with Crippen molar-refractivity contribution in [1.82, 2.24) is 10.2 Å². The first kappa shape index (κ1) is 22.9. The SMILES string of the molecule is Cl.Cl.O=[N+]([O-])c1cc(F)cc([C@H](C2CCOCC2)N2CCNCC2)c1O. The van der Waals surface area contributed by atoms with E-state index in [-0.39, 0.29) is 36.8 Å². The lowest BCUT2D eigenvalue weighted by molar-refractivity contribution is -0.386. The molecule has 2 saturated heterocycles. The van der Waals surface area contributed by atoms with Crippen LogP contribution in [0.3, 0.4) is 0 Å². The number of nitrogens with zero attached hydrogens (tertiary/aromatic N) is 2. The van der Waals surface area contributed by atoms with Crippen molar-refractivity contribution in [2.75, 3.05) is 39.4 Å². The van der Waals surface area contributed by atoms with E-state index in [1.54, 1.807) is 0 Å². The largest absolute Gasteiger partial charge is 0.502 e. The van der Waals surface area contributed by atoms with Gasteiger partial charge in [0, 0.05) is 51.0 Å². The van der Waals surface area contributed by atoms with Crippen LogP contribution >= 0.6 is 24.8 Å². The molecule has 2 N–H and O–H groups in total. The van der Waals surface area contributed by atoms with Gasteiger partial charge in [0.1, 0.15) is 5.82 Å². The fourth-order valence-electron chi connectivity index (χ4n) is 3.71. The Bertz CT molecular complexity index is 593. The summed E-state index contributed by atoms with van der Waals surface area (Å²) in [5.74, 6) is -0.942. The summed E-state index contributed by atoms with van der Waals surface area (Å²) in [6.07, 6.45) is 1.58. The predicted octanol–water partition coefficient (Wildman–Crippen LogP) is 2.66. The number of phenolic OH excluding ortho intramolecular Hbond substituents is 1. The monoisotopic (exact) mass is 411 g/mol. The molecule has 0 radical (unpaired) electrons. The number of piperazine rings is 1. The Labute approximate surface area is 163 Å². The van der Waals surface area contributed by atoms with Crippen LogP contribution in [0.4, 0.5) is 10.1 Å². The molecule has 10 heteroatoms. The molecule has 3 rings (SSSR count). The zero-order chi connectivity index (χ0) is 17.1. The highest BCUT2D eigenvalue weighted by Crippen LogP contribution is 2.42. The van der Waals surface area contributed by atoms with Gasteiger partial charge < -0.3 is 15.2 Å².